The zero-order chi connectivity index (χ0) is 16.8. The Hall–Kier alpha value is -1.62. The van der Waals surface area contributed by atoms with E-state index in [-0.39, 0.29) is 18.3 Å². The summed E-state index contributed by atoms with van der Waals surface area (Å²) >= 11 is 1.80. The van der Waals surface area contributed by atoms with Crippen LogP contribution in [0.1, 0.15) is 26.3 Å². The maximum absolute atomic E-state index is 6.45. The summed E-state index contributed by atoms with van der Waals surface area (Å²) in [6, 6.07) is 18.8. The number of rotatable bonds is 3. The van der Waals surface area contributed by atoms with Gasteiger partial charge in [0.1, 0.15) is 0 Å². The molecule has 4 heteroatoms. The molecule has 0 spiro atoms. The standard InChI is InChI=1S/C20H21BO2S/c1-19(2)20(3,23-21(22-19)16-9-5-4-6-10-16)13-15-14-24-18-12-8-7-11-17(15)18/h4-12,14H,13H2,1-3H3. The Bertz CT molecular complexity index is 858. The van der Waals surface area contributed by atoms with Crippen LogP contribution >= 0.6 is 11.3 Å². The first kappa shape index (κ1) is 15.9. The topological polar surface area (TPSA) is 18.5 Å². The summed E-state index contributed by atoms with van der Waals surface area (Å²) in [5, 5.41) is 3.58. The molecule has 3 aromatic rings. The monoisotopic (exact) mass is 336 g/mol. The molecule has 4 rings (SSSR count). The molecule has 1 aliphatic heterocycles. The van der Waals surface area contributed by atoms with E-state index in [1.165, 1.54) is 15.6 Å². The van der Waals surface area contributed by atoms with Crippen molar-refractivity contribution in [2.24, 2.45) is 0 Å². The fourth-order valence-corrected chi connectivity index (χ4v) is 4.29. The largest absolute Gasteiger partial charge is 0.494 e. The van der Waals surface area contributed by atoms with Crippen molar-refractivity contribution in [1.29, 1.82) is 0 Å². The summed E-state index contributed by atoms with van der Waals surface area (Å²) in [6.07, 6.45) is 0.841. The number of benzene rings is 2. The molecule has 24 heavy (non-hydrogen) atoms. The van der Waals surface area contributed by atoms with Crippen molar-refractivity contribution in [2.75, 3.05) is 0 Å². The molecule has 0 bridgehead atoms. The Morgan fingerprint density at radius 3 is 2.42 bits per heavy atom. The maximum Gasteiger partial charge on any atom is 0.494 e. The lowest BCUT2D eigenvalue weighted by atomic mass is 9.79. The second-order valence-electron chi connectivity index (χ2n) is 7.15. The summed E-state index contributed by atoms with van der Waals surface area (Å²) in [7, 11) is -0.309. The molecule has 1 aliphatic rings. The Kier molecular flexibility index (Phi) is 3.79. The highest BCUT2D eigenvalue weighted by atomic mass is 32.1. The second kappa shape index (κ2) is 5.73. The van der Waals surface area contributed by atoms with E-state index in [9.17, 15) is 0 Å². The molecular formula is C20H21BO2S. The van der Waals surface area contributed by atoms with Crippen molar-refractivity contribution in [3.63, 3.8) is 0 Å². The summed E-state index contributed by atoms with van der Waals surface area (Å²) in [5.41, 5.74) is 1.67. The van der Waals surface area contributed by atoms with E-state index in [1.54, 1.807) is 11.3 Å². The Morgan fingerprint density at radius 1 is 0.917 bits per heavy atom. The van der Waals surface area contributed by atoms with Crippen molar-refractivity contribution < 1.29 is 9.31 Å². The number of hydrogen-bond donors (Lipinski definition) is 0. The Morgan fingerprint density at radius 2 is 1.62 bits per heavy atom. The number of thiophene rings is 1. The smallest absolute Gasteiger partial charge is 0.399 e. The normalized spacial score (nSPS) is 23.0. The van der Waals surface area contributed by atoms with Gasteiger partial charge < -0.3 is 9.31 Å². The SMILES string of the molecule is CC1(C)OB(c2ccccc2)OC1(C)Cc1csc2ccccc12. The molecule has 1 saturated heterocycles. The first-order valence-electron chi connectivity index (χ1n) is 8.34. The van der Waals surface area contributed by atoms with Gasteiger partial charge in [-0.25, -0.2) is 0 Å². The van der Waals surface area contributed by atoms with Gasteiger partial charge in [0.25, 0.3) is 0 Å². The maximum atomic E-state index is 6.45. The minimum absolute atomic E-state index is 0.309. The predicted molar refractivity (Wildman–Crippen MR) is 102 cm³/mol. The number of hydrogen-bond acceptors (Lipinski definition) is 3. The Balaban J connectivity index is 1.66. The lowest BCUT2D eigenvalue weighted by Gasteiger charge is -2.36. The molecule has 1 atom stereocenters. The lowest BCUT2D eigenvalue weighted by molar-refractivity contribution is -0.00848. The van der Waals surface area contributed by atoms with Crippen LogP contribution in [-0.2, 0) is 15.7 Å². The van der Waals surface area contributed by atoms with Gasteiger partial charge in [-0.2, -0.15) is 0 Å². The Labute approximate surface area is 147 Å². The summed E-state index contributed by atoms with van der Waals surface area (Å²) < 4.78 is 14.1. The van der Waals surface area contributed by atoms with E-state index in [0.29, 0.717) is 0 Å². The van der Waals surface area contributed by atoms with Crippen LogP contribution in [0.3, 0.4) is 0 Å². The van der Waals surface area contributed by atoms with Gasteiger partial charge >= 0.3 is 7.12 Å². The van der Waals surface area contributed by atoms with Gasteiger partial charge in [0.2, 0.25) is 0 Å². The van der Waals surface area contributed by atoms with Gasteiger partial charge in [-0.3, -0.25) is 0 Å². The van der Waals surface area contributed by atoms with E-state index in [1.807, 2.05) is 18.2 Å². The first-order valence-corrected chi connectivity index (χ1v) is 9.22. The van der Waals surface area contributed by atoms with Gasteiger partial charge in [-0.15, -0.1) is 11.3 Å². The minimum atomic E-state index is -0.378. The third-order valence-corrected chi connectivity index (χ3v) is 6.22. The quantitative estimate of drug-likeness (QED) is 0.659. The summed E-state index contributed by atoms with van der Waals surface area (Å²) in [5.74, 6) is 0. The molecule has 2 heterocycles. The van der Waals surface area contributed by atoms with E-state index >= 15 is 0 Å². The molecule has 0 amide bonds. The van der Waals surface area contributed by atoms with Crippen molar-refractivity contribution >= 4 is 34.0 Å². The average molecular weight is 336 g/mol. The van der Waals surface area contributed by atoms with Crippen LogP contribution in [0.2, 0.25) is 0 Å². The van der Waals surface area contributed by atoms with Crippen LogP contribution in [-0.4, -0.2) is 18.3 Å². The second-order valence-corrected chi connectivity index (χ2v) is 8.06. The van der Waals surface area contributed by atoms with Crippen molar-refractivity contribution in [3.8, 4) is 0 Å². The zero-order valence-corrected chi connectivity index (χ0v) is 15.1. The highest BCUT2D eigenvalue weighted by Crippen LogP contribution is 2.41. The van der Waals surface area contributed by atoms with Gasteiger partial charge in [0, 0.05) is 11.1 Å². The third-order valence-electron chi connectivity index (χ3n) is 5.20. The average Bonchev–Trinajstić information content (AvgIpc) is 3.08. The predicted octanol–water partition coefficient (Wildman–Crippen LogP) is 4.42. The molecule has 0 aliphatic carbocycles. The molecule has 2 aromatic carbocycles. The molecule has 0 N–H and O–H groups in total. The van der Waals surface area contributed by atoms with Crippen LogP contribution in [0.25, 0.3) is 10.1 Å². The van der Waals surface area contributed by atoms with Crippen molar-refractivity contribution in [1.82, 2.24) is 0 Å². The van der Waals surface area contributed by atoms with Crippen LogP contribution in [0.5, 0.6) is 0 Å². The third kappa shape index (κ3) is 2.59. The first-order chi connectivity index (χ1) is 11.5. The van der Waals surface area contributed by atoms with Crippen LogP contribution < -0.4 is 5.46 Å². The highest BCUT2D eigenvalue weighted by Gasteiger charge is 2.54. The molecular weight excluding hydrogens is 315 g/mol. The van der Waals surface area contributed by atoms with Crippen LogP contribution in [0.15, 0.2) is 60.0 Å². The molecule has 1 aromatic heterocycles. The van der Waals surface area contributed by atoms with Gasteiger partial charge in [0.05, 0.1) is 11.2 Å². The fourth-order valence-electron chi connectivity index (χ4n) is 3.33. The van der Waals surface area contributed by atoms with E-state index in [4.69, 9.17) is 9.31 Å². The van der Waals surface area contributed by atoms with E-state index < -0.39 is 0 Å². The van der Waals surface area contributed by atoms with Gasteiger partial charge in [0.15, 0.2) is 0 Å². The van der Waals surface area contributed by atoms with Gasteiger partial charge in [-0.05, 0) is 48.6 Å². The summed E-state index contributed by atoms with van der Waals surface area (Å²) in [6.45, 7) is 6.43. The van der Waals surface area contributed by atoms with Gasteiger partial charge in [-0.1, -0.05) is 48.5 Å². The zero-order valence-electron chi connectivity index (χ0n) is 14.3. The number of fused-ring (bicyclic) bond motifs is 1. The summed E-state index contributed by atoms with van der Waals surface area (Å²) in [4.78, 5) is 0. The highest BCUT2D eigenvalue weighted by molar-refractivity contribution is 7.17. The van der Waals surface area contributed by atoms with E-state index in [2.05, 4.69) is 62.5 Å². The molecule has 0 saturated carbocycles. The van der Waals surface area contributed by atoms with Crippen LogP contribution in [0, 0.1) is 0 Å². The molecule has 0 radical (unpaired) electrons. The molecule has 2 nitrogen and oxygen atoms in total. The van der Waals surface area contributed by atoms with E-state index in [0.717, 1.165) is 11.9 Å². The molecule has 122 valence electrons. The van der Waals surface area contributed by atoms with Crippen molar-refractivity contribution in [3.05, 3.63) is 65.5 Å². The van der Waals surface area contributed by atoms with Crippen molar-refractivity contribution in [2.45, 2.75) is 38.4 Å². The fraction of sp³-hybridized carbons (Fsp3) is 0.300. The molecule has 1 fully saturated rings. The minimum Gasteiger partial charge on any atom is -0.399 e. The lowest BCUT2D eigenvalue weighted by Crippen LogP contribution is -2.46. The molecule has 1 unspecified atom stereocenters. The van der Waals surface area contributed by atoms with Crippen LogP contribution in [0.4, 0.5) is 0 Å².